The lowest BCUT2D eigenvalue weighted by Gasteiger charge is -2.16. The highest BCUT2D eigenvalue weighted by Crippen LogP contribution is 2.41. The number of hydrogen-bond acceptors (Lipinski definition) is 1. The standard InChI is InChI=1S/C15H12BrCl3O/c1-2-20-9-6-7-10(11(16)8-9)15(19)14-12(17)4-3-5-13(14)18/h3-8,15H,2H2,1H3. The third-order valence-electron chi connectivity index (χ3n) is 2.81. The van der Waals surface area contributed by atoms with Gasteiger partial charge < -0.3 is 4.74 Å². The fourth-order valence-corrected chi connectivity index (χ4v) is 3.75. The van der Waals surface area contributed by atoms with Crippen molar-refractivity contribution < 1.29 is 4.74 Å². The molecule has 106 valence electrons. The van der Waals surface area contributed by atoms with Crippen LogP contribution in [0.3, 0.4) is 0 Å². The van der Waals surface area contributed by atoms with E-state index in [2.05, 4.69) is 15.9 Å². The van der Waals surface area contributed by atoms with Gasteiger partial charge in [-0.1, -0.05) is 51.3 Å². The lowest BCUT2D eigenvalue weighted by molar-refractivity contribution is 0.340. The van der Waals surface area contributed by atoms with Crippen LogP contribution in [0.25, 0.3) is 0 Å². The van der Waals surface area contributed by atoms with Crippen LogP contribution < -0.4 is 4.74 Å². The zero-order valence-electron chi connectivity index (χ0n) is 10.7. The minimum Gasteiger partial charge on any atom is -0.494 e. The van der Waals surface area contributed by atoms with Gasteiger partial charge in [0, 0.05) is 20.1 Å². The largest absolute Gasteiger partial charge is 0.494 e. The average Bonchev–Trinajstić information content (AvgIpc) is 2.38. The predicted molar refractivity (Wildman–Crippen MR) is 89.5 cm³/mol. The zero-order valence-corrected chi connectivity index (χ0v) is 14.5. The molecule has 0 saturated carbocycles. The van der Waals surface area contributed by atoms with E-state index in [4.69, 9.17) is 39.5 Å². The van der Waals surface area contributed by atoms with Gasteiger partial charge in [-0.2, -0.15) is 0 Å². The SMILES string of the molecule is CCOc1ccc(C(Cl)c2c(Cl)cccc2Cl)c(Br)c1. The van der Waals surface area contributed by atoms with Crippen LogP contribution in [-0.2, 0) is 0 Å². The fraction of sp³-hybridized carbons (Fsp3) is 0.200. The third kappa shape index (κ3) is 3.43. The summed E-state index contributed by atoms with van der Waals surface area (Å²) in [5, 5.41) is 0.679. The van der Waals surface area contributed by atoms with Crippen LogP contribution >= 0.6 is 50.7 Å². The molecule has 20 heavy (non-hydrogen) atoms. The maximum Gasteiger partial charge on any atom is 0.120 e. The van der Waals surface area contributed by atoms with Gasteiger partial charge in [0.2, 0.25) is 0 Å². The van der Waals surface area contributed by atoms with Crippen molar-refractivity contribution in [2.45, 2.75) is 12.3 Å². The molecule has 0 aromatic heterocycles. The van der Waals surface area contributed by atoms with Crippen LogP contribution in [0.5, 0.6) is 5.75 Å². The van der Waals surface area contributed by atoms with E-state index >= 15 is 0 Å². The molecule has 0 bridgehead atoms. The Morgan fingerprint density at radius 3 is 2.35 bits per heavy atom. The molecule has 2 aromatic rings. The Hall–Kier alpha value is -0.410. The summed E-state index contributed by atoms with van der Waals surface area (Å²) in [6.45, 7) is 2.56. The van der Waals surface area contributed by atoms with Crippen molar-refractivity contribution >= 4 is 50.7 Å². The van der Waals surface area contributed by atoms with Gasteiger partial charge in [0.1, 0.15) is 5.75 Å². The van der Waals surface area contributed by atoms with Crippen molar-refractivity contribution in [1.29, 1.82) is 0 Å². The monoisotopic (exact) mass is 392 g/mol. The second kappa shape index (κ2) is 7.04. The lowest BCUT2D eigenvalue weighted by Crippen LogP contribution is -1.98. The minimum absolute atomic E-state index is 0.429. The van der Waals surface area contributed by atoms with Crippen LogP contribution in [0, 0.1) is 0 Å². The topological polar surface area (TPSA) is 9.23 Å². The van der Waals surface area contributed by atoms with Gasteiger partial charge in [-0.25, -0.2) is 0 Å². The van der Waals surface area contributed by atoms with Crippen LogP contribution in [0.2, 0.25) is 10.0 Å². The van der Waals surface area contributed by atoms with Gasteiger partial charge in [-0.05, 0) is 36.8 Å². The van der Waals surface area contributed by atoms with Crippen LogP contribution in [0.1, 0.15) is 23.4 Å². The Balaban J connectivity index is 2.41. The first-order chi connectivity index (χ1) is 9.54. The molecule has 5 heteroatoms. The quantitative estimate of drug-likeness (QED) is 0.539. The summed E-state index contributed by atoms with van der Waals surface area (Å²) in [6, 6.07) is 11.0. The maximum absolute atomic E-state index is 6.54. The number of hydrogen-bond donors (Lipinski definition) is 0. The molecule has 1 unspecified atom stereocenters. The van der Waals surface area contributed by atoms with E-state index in [1.54, 1.807) is 18.2 Å². The van der Waals surface area contributed by atoms with Gasteiger partial charge in [-0.3, -0.25) is 0 Å². The molecule has 0 fully saturated rings. The number of rotatable bonds is 4. The van der Waals surface area contributed by atoms with Crippen molar-refractivity contribution in [2.24, 2.45) is 0 Å². The van der Waals surface area contributed by atoms with E-state index in [0.717, 1.165) is 15.8 Å². The molecular formula is C15H12BrCl3O. The second-order valence-corrected chi connectivity index (χ2v) is 6.22. The Morgan fingerprint density at radius 2 is 1.80 bits per heavy atom. The normalized spacial score (nSPS) is 12.2. The highest BCUT2D eigenvalue weighted by Gasteiger charge is 2.20. The average molecular weight is 395 g/mol. The third-order valence-corrected chi connectivity index (χ3v) is 4.61. The van der Waals surface area contributed by atoms with Crippen molar-refractivity contribution in [3.8, 4) is 5.75 Å². The molecule has 1 atom stereocenters. The molecule has 2 aromatic carbocycles. The summed E-state index contributed by atoms with van der Waals surface area (Å²) >= 11 is 22.4. The summed E-state index contributed by atoms with van der Waals surface area (Å²) in [5.74, 6) is 0.789. The zero-order chi connectivity index (χ0) is 14.7. The summed E-state index contributed by atoms with van der Waals surface area (Å²) in [7, 11) is 0. The predicted octanol–water partition coefficient (Wildman–Crippen LogP) is 6.48. The number of ether oxygens (including phenoxy) is 1. The highest BCUT2D eigenvalue weighted by atomic mass is 79.9. The van der Waals surface area contributed by atoms with Crippen molar-refractivity contribution in [2.75, 3.05) is 6.61 Å². The molecule has 2 rings (SSSR count). The molecule has 0 aliphatic carbocycles. The minimum atomic E-state index is -0.429. The first-order valence-corrected chi connectivity index (χ1v) is 8.03. The van der Waals surface area contributed by atoms with E-state index < -0.39 is 5.38 Å². The Morgan fingerprint density at radius 1 is 1.15 bits per heavy atom. The lowest BCUT2D eigenvalue weighted by atomic mass is 10.0. The van der Waals surface area contributed by atoms with Gasteiger partial charge >= 0.3 is 0 Å². The molecule has 0 aliphatic heterocycles. The van der Waals surface area contributed by atoms with E-state index in [9.17, 15) is 0 Å². The number of benzene rings is 2. The van der Waals surface area contributed by atoms with Crippen LogP contribution in [0.15, 0.2) is 40.9 Å². The summed E-state index contributed by atoms with van der Waals surface area (Å²) in [6.07, 6.45) is 0. The first kappa shape index (κ1) is 16.0. The second-order valence-electron chi connectivity index (χ2n) is 4.11. The van der Waals surface area contributed by atoms with Gasteiger partial charge in [0.15, 0.2) is 0 Å². The Bertz CT molecular complexity index is 596. The van der Waals surface area contributed by atoms with E-state index in [-0.39, 0.29) is 0 Å². The molecule has 0 spiro atoms. The van der Waals surface area contributed by atoms with E-state index in [1.165, 1.54) is 0 Å². The molecule has 0 heterocycles. The van der Waals surface area contributed by atoms with Crippen molar-refractivity contribution in [3.05, 3.63) is 62.0 Å². The molecule has 0 amide bonds. The molecule has 1 nitrogen and oxygen atoms in total. The summed E-state index contributed by atoms with van der Waals surface area (Å²) in [5.41, 5.74) is 1.60. The maximum atomic E-state index is 6.54. The smallest absolute Gasteiger partial charge is 0.120 e. The molecule has 0 aliphatic rings. The van der Waals surface area contributed by atoms with Gasteiger partial charge in [-0.15, -0.1) is 11.6 Å². The van der Waals surface area contributed by atoms with Crippen molar-refractivity contribution in [3.63, 3.8) is 0 Å². The van der Waals surface area contributed by atoms with Crippen LogP contribution in [-0.4, -0.2) is 6.61 Å². The number of halogens is 4. The van der Waals surface area contributed by atoms with E-state index in [1.807, 2.05) is 25.1 Å². The summed E-state index contributed by atoms with van der Waals surface area (Å²) in [4.78, 5) is 0. The molecular weight excluding hydrogens is 382 g/mol. The summed E-state index contributed by atoms with van der Waals surface area (Å²) < 4.78 is 6.31. The molecule has 0 radical (unpaired) electrons. The number of alkyl halides is 1. The van der Waals surface area contributed by atoms with Gasteiger partial charge in [0.25, 0.3) is 0 Å². The fourth-order valence-electron chi connectivity index (χ4n) is 1.88. The highest BCUT2D eigenvalue weighted by molar-refractivity contribution is 9.10. The Labute approximate surface area is 141 Å². The molecule has 0 saturated heterocycles. The molecule has 0 N–H and O–H groups in total. The van der Waals surface area contributed by atoms with Crippen LogP contribution in [0.4, 0.5) is 0 Å². The first-order valence-electron chi connectivity index (χ1n) is 6.04. The Kier molecular flexibility index (Phi) is 5.62. The van der Waals surface area contributed by atoms with Gasteiger partial charge in [0.05, 0.1) is 12.0 Å². The van der Waals surface area contributed by atoms with E-state index in [0.29, 0.717) is 22.2 Å². The van der Waals surface area contributed by atoms with Crippen molar-refractivity contribution in [1.82, 2.24) is 0 Å².